The Morgan fingerprint density at radius 3 is 2.54 bits per heavy atom. The molecule has 1 fully saturated rings. The number of nitrogens with zero attached hydrogens (tertiary/aromatic N) is 1. The van der Waals surface area contributed by atoms with Gasteiger partial charge >= 0.3 is 0 Å². The highest BCUT2D eigenvalue weighted by Gasteiger charge is 2.49. The van der Waals surface area contributed by atoms with Gasteiger partial charge in [-0.15, -0.1) is 0 Å². The molecule has 2 aromatic carbocycles. The fraction of sp³-hybridized carbons (Fsp3) is 0.300. The van der Waals surface area contributed by atoms with E-state index < -0.39 is 29.5 Å². The molecule has 1 amide bonds. The predicted octanol–water partition coefficient (Wildman–Crippen LogP) is 4.15. The van der Waals surface area contributed by atoms with Gasteiger partial charge in [0.05, 0.1) is 22.8 Å². The number of amides is 1. The number of carbonyl (C=O) groups is 2. The average Bonchev–Trinajstić information content (AvgIpc) is 3.26. The standard InChI is InChI=1S/C20H17Cl2FN2O3/c21-12-4-5-13(22)18-17(12)20(28,19(27)24-18)10-16(26)11-3-6-15(14(23)9-11)25-7-1-2-8-25/h3-6,9,28H,1-2,7-8,10H2,(H,24,27)/t20-/m0/s1. The van der Waals surface area contributed by atoms with Crippen molar-refractivity contribution in [2.45, 2.75) is 24.9 Å². The van der Waals surface area contributed by atoms with Crippen LogP contribution in [0.3, 0.4) is 0 Å². The first-order valence-corrected chi connectivity index (χ1v) is 9.67. The minimum atomic E-state index is -2.17. The summed E-state index contributed by atoms with van der Waals surface area (Å²) in [7, 11) is 0. The van der Waals surface area contributed by atoms with Crippen molar-refractivity contribution in [3.8, 4) is 0 Å². The van der Waals surface area contributed by atoms with E-state index in [0.29, 0.717) is 5.69 Å². The van der Waals surface area contributed by atoms with Gasteiger partial charge in [0.25, 0.3) is 5.91 Å². The van der Waals surface area contributed by atoms with E-state index in [1.165, 1.54) is 18.2 Å². The van der Waals surface area contributed by atoms with Gasteiger partial charge in [0.15, 0.2) is 11.4 Å². The maximum Gasteiger partial charge on any atom is 0.261 e. The lowest BCUT2D eigenvalue weighted by molar-refractivity contribution is -0.133. The first kappa shape index (κ1) is 19.2. The maximum absolute atomic E-state index is 14.5. The van der Waals surface area contributed by atoms with Gasteiger partial charge in [0.1, 0.15) is 5.82 Å². The monoisotopic (exact) mass is 422 g/mol. The summed E-state index contributed by atoms with van der Waals surface area (Å²) in [6.45, 7) is 1.56. The van der Waals surface area contributed by atoms with Crippen molar-refractivity contribution in [3.63, 3.8) is 0 Å². The third-order valence-corrected chi connectivity index (χ3v) is 5.89. The summed E-state index contributed by atoms with van der Waals surface area (Å²) in [6, 6.07) is 7.15. The van der Waals surface area contributed by atoms with Gasteiger partial charge in [-0.2, -0.15) is 0 Å². The Kier molecular flexibility index (Phi) is 4.81. The Bertz CT molecular complexity index is 992. The molecule has 2 aromatic rings. The van der Waals surface area contributed by atoms with Crippen LogP contribution in [-0.4, -0.2) is 29.9 Å². The third-order valence-electron chi connectivity index (χ3n) is 5.26. The van der Waals surface area contributed by atoms with Gasteiger partial charge in [0.2, 0.25) is 0 Å². The van der Waals surface area contributed by atoms with E-state index in [1.54, 1.807) is 6.07 Å². The Balaban J connectivity index is 1.63. The topological polar surface area (TPSA) is 69.6 Å². The summed E-state index contributed by atoms with van der Waals surface area (Å²) in [5, 5.41) is 13.8. The highest BCUT2D eigenvalue weighted by Crippen LogP contribution is 2.46. The molecule has 0 bridgehead atoms. The van der Waals surface area contributed by atoms with E-state index in [1.807, 2.05) is 4.90 Å². The lowest BCUT2D eigenvalue weighted by Crippen LogP contribution is -2.36. The summed E-state index contributed by atoms with van der Waals surface area (Å²) in [5.41, 5.74) is -1.39. The Morgan fingerprint density at radius 1 is 1.18 bits per heavy atom. The summed E-state index contributed by atoms with van der Waals surface area (Å²) >= 11 is 12.2. The molecule has 2 aliphatic heterocycles. The van der Waals surface area contributed by atoms with Crippen LogP contribution in [0.25, 0.3) is 0 Å². The molecule has 0 aromatic heterocycles. The number of hydrogen-bond donors (Lipinski definition) is 2. The Labute approximate surface area is 171 Å². The van der Waals surface area contributed by atoms with Crippen LogP contribution in [0, 0.1) is 5.82 Å². The van der Waals surface area contributed by atoms with Crippen molar-refractivity contribution in [1.82, 2.24) is 0 Å². The number of carbonyl (C=O) groups excluding carboxylic acids is 2. The van der Waals surface area contributed by atoms with Gasteiger partial charge in [-0.05, 0) is 43.2 Å². The smallest absolute Gasteiger partial charge is 0.261 e. The maximum atomic E-state index is 14.5. The predicted molar refractivity (Wildman–Crippen MR) is 106 cm³/mol. The molecule has 8 heteroatoms. The minimum absolute atomic E-state index is 0.0641. The van der Waals surface area contributed by atoms with E-state index in [-0.39, 0.29) is 26.9 Å². The zero-order valence-electron chi connectivity index (χ0n) is 14.8. The van der Waals surface area contributed by atoms with Crippen molar-refractivity contribution in [2.75, 3.05) is 23.3 Å². The number of aliphatic hydroxyl groups is 1. The quantitative estimate of drug-likeness (QED) is 0.726. The van der Waals surface area contributed by atoms with E-state index in [4.69, 9.17) is 23.2 Å². The average molecular weight is 423 g/mol. The van der Waals surface area contributed by atoms with Crippen molar-refractivity contribution in [3.05, 3.63) is 57.3 Å². The molecule has 28 heavy (non-hydrogen) atoms. The largest absolute Gasteiger partial charge is 0.375 e. The molecular formula is C20H17Cl2FN2O3. The molecule has 146 valence electrons. The number of rotatable bonds is 4. The second-order valence-electron chi connectivity index (χ2n) is 7.05. The molecule has 1 saturated heterocycles. The zero-order chi connectivity index (χ0) is 20.1. The number of anilines is 2. The van der Waals surface area contributed by atoms with Gasteiger partial charge in [-0.25, -0.2) is 4.39 Å². The normalized spacial score (nSPS) is 21.0. The van der Waals surface area contributed by atoms with Crippen LogP contribution in [0.15, 0.2) is 30.3 Å². The molecule has 5 nitrogen and oxygen atoms in total. The van der Waals surface area contributed by atoms with Crippen LogP contribution in [-0.2, 0) is 10.4 Å². The second kappa shape index (κ2) is 7.03. The van der Waals surface area contributed by atoms with E-state index in [0.717, 1.165) is 32.0 Å². The van der Waals surface area contributed by atoms with Crippen molar-refractivity contribution in [2.24, 2.45) is 0 Å². The van der Waals surface area contributed by atoms with Crippen LogP contribution in [0.1, 0.15) is 35.2 Å². The summed E-state index contributed by atoms with van der Waals surface area (Å²) in [5.74, 6) is -1.87. The summed E-state index contributed by atoms with van der Waals surface area (Å²) in [4.78, 5) is 27.1. The highest BCUT2D eigenvalue weighted by atomic mass is 35.5. The highest BCUT2D eigenvalue weighted by molar-refractivity contribution is 6.38. The van der Waals surface area contributed by atoms with Gasteiger partial charge in [0, 0.05) is 29.2 Å². The number of halogens is 3. The molecule has 0 unspecified atom stereocenters. The second-order valence-corrected chi connectivity index (χ2v) is 7.87. The number of hydrogen-bond acceptors (Lipinski definition) is 4. The van der Waals surface area contributed by atoms with Crippen molar-refractivity contribution < 1.29 is 19.1 Å². The van der Waals surface area contributed by atoms with Crippen molar-refractivity contribution in [1.29, 1.82) is 0 Å². The number of benzene rings is 2. The van der Waals surface area contributed by atoms with Crippen LogP contribution in [0.4, 0.5) is 15.8 Å². The molecule has 4 rings (SSSR count). The van der Waals surface area contributed by atoms with Crippen LogP contribution < -0.4 is 10.2 Å². The molecule has 0 aliphatic carbocycles. The SMILES string of the molecule is O=C(C[C@@]1(O)C(=O)Nc2c(Cl)ccc(Cl)c21)c1ccc(N2CCCC2)c(F)c1. The molecule has 2 N–H and O–H groups in total. The number of fused-ring (bicyclic) bond motifs is 1. The molecule has 2 heterocycles. The molecule has 0 radical (unpaired) electrons. The van der Waals surface area contributed by atoms with E-state index in [2.05, 4.69) is 5.32 Å². The Hall–Kier alpha value is -2.15. The summed E-state index contributed by atoms with van der Waals surface area (Å²) < 4.78 is 14.5. The van der Waals surface area contributed by atoms with E-state index >= 15 is 0 Å². The van der Waals surface area contributed by atoms with Crippen LogP contribution >= 0.6 is 23.2 Å². The van der Waals surface area contributed by atoms with Gasteiger partial charge < -0.3 is 15.3 Å². The first-order valence-electron chi connectivity index (χ1n) is 8.91. The lowest BCUT2D eigenvalue weighted by Gasteiger charge is -2.22. The lowest BCUT2D eigenvalue weighted by atomic mass is 9.88. The van der Waals surface area contributed by atoms with E-state index in [9.17, 15) is 19.1 Å². The number of Topliss-reactive ketones (excluding diaryl/α,β-unsaturated/α-hetero) is 1. The number of nitrogens with one attached hydrogen (secondary N) is 1. The molecule has 0 saturated carbocycles. The molecule has 0 spiro atoms. The fourth-order valence-electron chi connectivity index (χ4n) is 3.81. The minimum Gasteiger partial charge on any atom is -0.375 e. The Morgan fingerprint density at radius 2 is 1.86 bits per heavy atom. The summed E-state index contributed by atoms with van der Waals surface area (Å²) in [6.07, 6.45) is 1.43. The molecule has 2 aliphatic rings. The number of ketones is 1. The fourth-order valence-corrected chi connectivity index (χ4v) is 4.33. The molecular weight excluding hydrogens is 406 g/mol. The van der Waals surface area contributed by atoms with Crippen LogP contribution in [0.5, 0.6) is 0 Å². The van der Waals surface area contributed by atoms with Gasteiger partial charge in [-0.1, -0.05) is 23.2 Å². The first-order chi connectivity index (χ1) is 13.3. The van der Waals surface area contributed by atoms with Crippen molar-refractivity contribution >= 4 is 46.3 Å². The van der Waals surface area contributed by atoms with Gasteiger partial charge in [-0.3, -0.25) is 9.59 Å². The zero-order valence-corrected chi connectivity index (χ0v) is 16.3. The third kappa shape index (κ3) is 3.05. The van der Waals surface area contributed by atoms with Crippen LogP contribution in [0.2, 0.25) is 10.0 Å². The molecule has 1 atom stereocenters.